The van der Waals surface area contributed by atoms with Gasteiger partial charge in [-0.1, -0.05) is 35.0 Å². The molecular formula is C13H18N4O. The Hall–Kier alpha value is -1.72. The zero-order chi connectivity index (χ0) is 13.0. The summed E-state index contributed by atoms with van der Waals surface area (Å²) in [5, 5.41) is 3.95. The number of aromatic nitrogens is 2. The van der Waals surface area contributed by atoms with Crippen molar-refractivity contribution in [2.75, 3.05) is 6.54 Å². The van der Waals surface area contributed by atoms with E-state index in [0.29, 0.717) is 18.3 Å². The lowest BCUT2D eigenvalue weighted by Crippen LogP contribution is -2.12. The third-order valence-corrected chi connectivity index (χ3v) is 2.79. The van der Waals surface area contributed by atoms with Gasteiger partial charge in [-0.15, -0.1) is 0 Å². The van der Waals surface area contributed by atoms with Gasteiger partial charge in [-0.2, -0.15) is 4.98 Å². The Morgan fingerprint density at radius 2 is 2.00 bits per heavy atom. The predicted octanol–water partition coefficient (Wildman–Crippen LogP) is 1.78. The normalized spacial score (nSPS) is 12.6. The van der Waals surface area contributed by atoms with Gasteiger partial charge in [0.05, 0.1) is 6.04 Å². The van der Waals surface area contributed by atoms with Crippen LogP contribution in [0, 0.1) is 6.92 Å². The molecule has 2 rings (SSSR count). The van der Waals surface area contributed by atoms with Crippen molar-refractivity contribution < 1.29 is 4.52 Å². The van der Waals surface area contributed by atoms with Crippen molar-refractivity contribution in [1.82, 2.24) is 10.1 Å². The highest BCUT2D eigenvalue weighted by molar-refractivity contribution is 5.54. The molecule has 0 unspecified atom stereocenters. The highest BCUT2D eigenvalue weighted by Crippen LogP contribution is 2.20. The molecule has 5 heteroatoms. The van der Waals surface area contributed by atoms with E-state index in [1.54, 1.807) is 0 Å². The smallest absolute Gasteiger partial charge is 0.243 e. The first-order valence-electron chi connectivity index (χ1n) is 6.07. The number of aryl methyl sites for hydroxylation is 1. The molecule has 0 radical (unpaired) electrons. The van der Waals surface area contributed by atoms with E-state index in [1.807, 2.05) is 31.2 Å². The predicted molar refractivity (Wildman–Crippen MR) is 69.7 cm³/mol. The first-order chi connectivity index (χ1) is 8.70. The molecule has 0 saturated carbocycles. The van der Waals surface area contributed by atoms with Crippen LogP contribution in [0.1, 0.15) is 30.3 Å². The molecular weight excluding hydrogens is 228 g/mol. The fraction of sp³-hybridized carbons (Fsp3) is 0.385. The lowest BCUT2D eigenvalue weighted by atomic mass is 10.1. The number of nitrogens with zero attached hydrogens (tertiary/aromatic N) is 2. The summed E-state index contributed by atoms with van der Waals surface area (Å²) < 4.78 is 5.18. The number of nitrogens with two attached hydrogens (primary N) is 2. The maximum absolute atomic E-state index is 5.94. The second-order valence-corrected chi connectivity index (χ2v) is 4.36. The van der Waals surface area contributed by atoms with Crippen LogP contribution < -0.4 is 11.5 Å². The molecule has 0 aliphatic rings. The van der Waals surface area contributed by atoms with Crippen molar-refractivity contribution in [2.24, 2.45) is 11.5 Å². The summed E-state index contributed by atoms with van der Waals surface area (Å²) in [4.78, 5) is 4.32. The molecule has 1 heterocycles. The summed E-state index contributed by atoms with van der Waals surface area (Å²) in [5.74, 6) is 1.05. The standard InChI is InChI=1S/C13H18N4O/c1-9-4-6-10(7-5-9)12-16-13(18-17-12)11(15)3-2-8-14/h4-7,11H,2-3,8,14-15H2,1H3/t11-/m0/s1. The molecule has 4 N–H and O–H groups in total. The Kier molecular flexibility index (Phi) is 4.07. The third-order valence-electron chi connectivity index (χ3n) is 2.79. The van der Waals surface area contributed by atoms with E-state index < -0.39 is 0 Å². The van der Waals surface area contributed by atoms with Crippen molar-refractivity contribution in [3.8, 4) is 11.4 Å². The van der Waals surface area contributed by atoms with Gasteiger partial charge in [0.25, 0.3) is 0 Å². The quantitative estimate of drug-likeness (QED) is 0.839. The fourth-order valence-electron chi connectivity index (χ4n) is 1.67. The van der Waals surface area contributed by atoms with Crippen molar-refractivity contribution in [3.05, 3.63) is 35.7 Å². The number of benzene rings is 1. The van der Waals surface area contributed by atoms with Gasteiger partial charge >= 0.3 is 0 Å². The fourth-order valence-corrected chi connectivity index (χ4v) is 1.67. The Morgan fingerprint density at radius 1 is 1.28 bits per heavy atom. The van der Waals surface area contributed by atoms with Crippen LogP contribution in [0.25, 0.3) is 11.4 Å². The second kappa shape index (κ2) is 5.75. The van der Waals surface area contributed by atoms with Gasteiger partial charge in [0.15, 0.2) is 0 Å². The van der Waals surface area contributed by atoms with E-state index >= 15 is 0 Å². The molecule has 1 aromatic carbocycles. The molecule has 0 fully saturated rings. The maximum Gasteiger partial charge on any atom is 0.243 e. The molecule has 2 aromatic rings. The summed E-state index contributed by atoms with van der Waals surface area (Å²) in [6.07, 6.45) is 1.61. The van der Waals surface area contributed by atoms with Crippen LogP contribution in [-0.4, -0.2) is 16.7 Å². The van der Waals surface area contributed by atoms with Crippen LogP contribution in [0.5, 0.6) is 0 Å². The van der Waals surface area contributed by atoms with Gasteiger partial charge in [0.1, 0.15) is 0 Å². The monoisotopic (exact) mass is 246 g/mol. The lowest BCUT2D eigenvalue weighted by Gasteiger charge is -2.03. The third kappa shape index (κ3) is 2.94. The van der Waals surface area contributed by atoms with E-state index in [4.69, 9.17) is 16.0 Å². The van der Waals surface area contributed by atoms with Crippen LogP contribution in [0.3, 0.4) is 0 Å². The summed E-state index contributed by atoms with van der Waals surface area (Å²) in [6.45, 7) is 2.65. The molecule has 0 amide bonds. The van der Waals surface area contributed by atoms with Crippen LogP contribution in [0.4, 0.5) is 0 Å². The second-order valence-electron chi connectivity index (χ2n) is 4.36. The molecule has 0 aliphatic heterocycles. The van der Waals surface area contributed by atoms with Gasteiger partial charge in [-0.05, 0) is 26.3 Å². The molecule has 1 aromatic heterocycles. The Morgan fingerprint density at radius 3 is 2.67 bits per heavy atom. The minimum atomic E-state index is -0.236. The van der Waals surface area contributed by atoms with Gasteiger partial charge in [-0.3, -0.25) is 0 Å². The van der Waals surface area contributed by atoms with Crippen LogP contribution in [0.2, 0.25) is 0 Å². The zero-order valence-corrected chi connectivity index (χ0v) is 10.5. The minimum Gasteiger partial charge on any atom is -0.337 e. The topological polar surface area (TPSA) is 91.0 Å². The number of hydrogen-bond acceptors (Lipinski definition) is 5. The molecule has 0 saturated heterocycles. The molecule has 96 valence electrons. The number of rotatable bonds is 5. The average Bonchev–Trinajstić information content (AvgIpc) is 2.86. The Bertz CT molecular complexity index is 492. The first-order valence-corrected chi connectivity index (χ1v) is 6.07. The summed E-state index contributed by atoms with van der Waals surface area (Å²) >= 11 is 0. The Balaban J connectivity index is 2.12. The van der Waals surface area contributed by atoms with Crippen molar-refractivity contribution in [3.63, 3.8) is 0 Å². The van der Waals surface area contributed by atoms with E-state index in [9.17, 15) is 0 Å². The van der Waals surface area contributed by atoms with Crippen LogP contribution in [0.15, 0.2) is 28.8 Å². The summed E-state index contributed by atoms with van der Waals surface area (Å²) in [7, 11) is 0. The first kappa shape index (κ1) is 12.7. The molecule has 5 nitrogen and oxygen atoms in total. The van der Waals surface area contributed by atoms with Gasteiger partial charge in [-0.25, -0.2) is 0 Å². The van der Waals surface area contributed by atoms with Gasteiger partial charge < -0.3 is 16.0 Å². The van der Waals surface area contributed by atoms with Crippen LogP contribution >= 0.6 is 0 Å². The van der Waals surface area contributed by atoms with Crippen molar-refractivity contribution in [1.29, 1.82) is 0 Å². The van der Waals surface area contributed by atoms with E-state index in [1.165, 1.54) is 5.56 Å². The average molecular weight is 246 g/mol. The maximum atomic E-state index is 5.94. The highest BCUT2D eigenvalue weighted by atomic mass is 16.5. The highest BCUT2D eigenvalue weighted by Gasteiger charge is 2.14. The lowest BCUT2D eigenvalue weighted by molar-refractivity contribution is 0.347. The minimum absolute atomic E-state index is 0.236. The van der Waals surface area contributed by atoms with E-state index in [-0.39, 0.29) is 6.04 Å². The molecule has 0 spiro atoms. The summed E-state index contributed by atoms with van der Waals surface area (Å²) in [5.41, 5.74) is 13.5. The molecule has 18 heavy (non-hydrogen) atoms. The van der Waals surface area contributed by atoms with Gasteiger partial charge in [0, 0.05) is 5.56 Å². The van der Waals surface area contributed by atoms with E-state index in [0.717, 1.165) is 18.4 Å². The zero-order valence-electron chi connectivity index (χ0n) is 10.5. The summed E-state index contributed by atoms with van der Waals surface area (Å²) in [6, 6.07) is 7.73. The van der Waals surface area contributed by atoms with E-state index in [2.05, 4.69) is 10.1 Å². The number of hydrogen-bond donors (Lipinski definition) is 2. The SMILES string of the molecule is Cc1ccc(-c2noc([C@@H](N)CCCN)n2)cc1. The van der Waals surface area contributed by atoms with Crippen molar-refractivity contribution in [2.45, 2.75) is 25.8 Å². The van der Waals surface area contributed by atoms with Crippen LogP contribution in [-0.2, 0) is 0 Å². The molecule has 1 atom stereocenters. The van der Waals surface area contributed by atoms with Gasteiger partial charge in [0.2, 0.25) is 11.7 Å². The largest absolute Gasteiger partial charge is 0.337 e. The molecule has 0 aliphatic carbocycles. The van der Waals surface area contributed by atoms with Crippen molar-refractivity contribution >= 4 is 0 Å². The molecule has 0 bridgehead atoms. The Labute approximate surface area is 106 Å².